The van der Waals surface area contributed by atoms with Crippen LogP contribution in [0.3, 0.4) is 0 Å². The molecule has 4 aliphatic rings. The molecule has 2 aliphatic carbocycles. The Kier molecular flexibility index (Phi) is 11.8. The Morgan fingerprint density at radius 1 is 1.16 bits per heavy atom. The van der Waals surface area contributed by atoms with E-state index in [-0.39, 0.29) is 53.0 Å². The average Bonchev–Trinajstić information content (AvgIpc) is 4.09. The van der Waals surface area contributed by atoms with Crippen LogP contribution in [-0.4, -0.2) is 99.8 Å². The fourth-order valence-electron chi connectivity index (χ4n) is 8.49. The van der Waals surface area contributed by atoms with E-state index in [4.69, 9.17) is 9.47 Å². The number of carbonyl (C=O) groups excluding carboxylic acids is 3. The van der Waals surface area contributed by atoms with Gasteiger partial charge in [0, 0.05) is 23.8 Å². The molecule has 1 aromatic carbocycles. The van der Waals surface area contributed by atoms with Gasteiger partial charge in [0.1, 0.15) is 29.2 Å². The molecule has 14 nitrogen and oxygen atoms in total. The van der Waals surface area contributed by atoms with Crippen molar-refractivity contribution in [1.29, 1.82) is 0 Å². The van der Waals surface area contributed by atoms with Crippen molar-refractivity contribution in [3.05, 3.63) is 42.4 Å². The van der Waals surface area contributed by atoms with Gasteiger partial charge in [0.05, 0.1) is 23.9 Å². The summed E-state index contributed by atoms with van der Waals surface area (Å²) in [5, 5.41) is 12.6. The molecule has 3 fully saturated rings. The van der Waals surface area contributed by atoms with E-state index in [9.17, 15) is 32.3 Å². The summed E-state index contributed by atoms with van der Waals surface area (Å²) in [7, 11) is -2.75. The number of ether oxygens (including phenoxy) is 2. The number of nitrogens with one attached hydrogen (secondary N) is 2. The molecule has 6 rings (SSSR count). The number of alkyl halides is 2. The van der Waals surface area contributed by atoms with Crippen molar-refractivity contribution in [2.24, 2.45) is 17.8 Å². The molecule has 3 N–H and O–H groups in total. The molecule has 2 aromatic rings. The number of rotatable bonds is 10. The highest BCUT2D eigenvalue weighted by Gasteiger charge is 2.71. The van der Waals surface area contributed by atoms with Gasteiger partial charge in [0.25, 0.3) is 11.8 Å². The standard InChI is InChI=1S/C40H52F3N5O9S/c1-7-23(4)47(37(52)53)32-24(8-2)17-22(3)11-9-10-12-25-19-39(25,36(51)46-58(54,55)27-14-15-27)45-33(49)30-20-38(5,40(42,43)48(30)35(32)50)57-34-29-18-26(41)13-16-28(29)31(56-6)21-44-34/h10,12-13,16,18,21-25,27,30,32H,7-9,11,14-15,17,19-20H2,1-6H3,(H,45,49)(H,46,51)(H,52,53)/b12-10-/t22-,23?,24-,25-,30+,32+,38-,39-/m1/s1. The van der Waals surface area contributed by atoms with Crippen LogP contribution in [0.2, 0.25) is 0 Å². The third-order valence-corrected chi connectivity index (χ3v) is 14.2. The molecule has 2 aliphatic heterocycles. The van der Waals surface area contributed by atoms with Gasteiger partial charge in [-0.3, -0.25) is 28.9 Å². The van der Waals surface area contributed by atoms with E-state index >= 15 is 13.6 Å². The predicted molar refractivity (Wildman–Crippen MR) is 206 cm³/mol. The monoisotopic (exact) mass is 835 g/mol. The summed E-state index contributed by atoms with van der Waals surface area (Å²) in [6.07, 6.45) is 4.80. The number of amides is 4. The van der Waals surface area contributed by atoms with E-state index < -0.39 is 104 Å². The quantitative estimate of drug-likeness (QED) is 0.197. The Bertz CT molecular complexity index is 2100. The lowest BCUT2D eigenvalue weighted by molar-refractivity contribution is -0.219. The molecule has 2 saturated carbocycles. The van der Waals surface area contributed by atoms with E-state index in [2.05, 4.69) is 15.0 Å². The molecule has 0 spiro atoms. The van der Waals surface area contributed by atoms with Crippen molar-refractivity contribution < 1.29 is 55.3 Å². The molecule has 1 unspecified atom stereocenters. The minimum atomic E-state index is -4.36. The molecule has 0 radical (unpaired) electrons. The number of fused-ring (bicyclic) bond motifs is 3. The maximum atomic E-state index is 17.6. The third kappa shape index (κ3) is 7.79. The van der Waals surface area contributed by atoms with E-state index in [1.54, 1.807) is 26.8 Å². The zero-order valence-electron chi connectivity index (χ0n) is 33.5. The fraction of sp³-hybridized carbons (Fsp3) is 0.625. The minimum Gasteiger partial charge on any atom is -0.494 e. The van der Waals surface area contributed by atoms with Crippen LogP contribution in [-0.2, 0) is 24.4 Å². The van der Waals surface area contributed by atoms with Crippen LogP contribution >= 0.6 is 0 Å². The van der Waals surface area contributed by atoms with Gasteiger partial charge >= 0.3 is 12.1 Å². The van der Waals surface area contributed by atoms with Gasteiger partial charge < -0.3 is 19.9 Å². The zero-order chi connectivity index (χ0) is 42.5. The van der Waals surface area contributed by atoms with Crippen LogP contribution in [0.5, 0.6) is 11.6 Å². The highest BCUT2D eigenvalue weighted by molar-refractivity contribution is 7.91. The number of methoxy groups -OCH3 is 1. The second-order valence-electron chi connectivity index (χ2n) is 16.5. The van der Waals surface area contributed by atoms with Crippen molar-refractivity contribution in [1.82, 2.24) is 24.8 Å². The van der Waals surface area contributed by atoms with Crippen LogP contribution in [0.25, 0.3) is 10.8 Å². The second-order valence-corrected chi connectivity index (χ2v) is 18.4. The number of halogens is 3. The molecule has 18 heteroatoms. The maximum Gasteiger partial charge on any atom is 0.408 e. The lowest BCUT2D eigenvalue weighted by atomic mass is 9.83. The number of hydrogen-bond donors (Lipinski definition) is 3. The number of carbonyl (C=O) groups is 4. The SMILES string of the molecule is CCC(C)N(C(=O)O)[C@@H]1C(=O)N2[C@@H](C[C@@](C)(Oc3ncc(OC)c4ccc(F)cc34)C2(F)F)C(=O)N[C@]2(C(=O)NS(=O)(=O)C3CC3)C[C@H]2/C=C\CC[C@@H](C)C[C@H]1CC. The lowest BCUT2D eigenvalue weighted by Crippen LogP contribution is -2.64. The number of sulfonamides is 1. The predicted octanol–water partition coefficient (Wildman–Crippen LogP) is 5.75. The van der Waals surface area contributed by atoms with E-state index in [1.165, 1.54) is 19.4 Å². The van der Waals surface area contributed by atoms with E-state index in [0.717, 1.165) is 24.0 Å². The van der Waals surface area contributed by atoms with Crippen LogP contribution in [0.1, 0.15) is 92.4 Å². The molecule has 4 amide bonds. The summed E-state index contributed by atoms with van der Waals surface area (Å²) < 4.78 is 89.2. The zero-order valence-corrected chi connectivity index (χ0v) is 34.3. The van der Waals surface area contributed by atoms with Crippen molar-refractivity contribution in [3.8, 4) is 11.6 Å². The van der Waals surface area contributed by atoms with E-state index in [1.807, 2.05) is 13.0 Å². The molecule has 8 atom stereocenters. The Labute approximate surface area is 335 Å². The normalized spacial score (nSPS) is 31.1. The number of hydrogen-bond acceptors (Lipinski definition) is 9. The summed E-state index contributed by atoms with van der Waals surface area (Å²) >= 11 is 0. The van der Waals surface area contributed by atoms with Gasteiger partial charge in [-0.2, -0.15) is 8.78 Å². The number of aromatic nitrogens is 1. The average molecular weight is 836 g/mol. The number of pyridine rings is 1. The molecule has 1 saturated heterocycles. The number of benzene rings is 1. The van der Waals surface area contributed by atoms with Gasteiger partial charge in [0.15, 0.2) is 5.60 Å². The second kappa shape index (κ2) is 15.9. The van der Waals surface area contributed by atoms with Gasteiger partial charge in [-0.05, 0) is 88.8 Å². The van der Waals surface area contributed by atoms with Gasteiger partial charge in [-0.15, -0.1) is 0 Å². The first-order valence-electron chi connectivity index (χ1n) is 19.8. The third-order valence-electron chi connectivity index (χ3n) is 12.4. The van der Waals surface area contributed by atoms with Gasteiger partial charge in [0.2, 0.25) is 21.8 Å². The van der Waals surface area contributed by atoms with Crippen molar-refractivity contribution in [2.45, 2.75) is 133 Å². The summed E-state index contributed by atoms with van der Waals surface area (Å²) in [6.45, 7) is 7.91. The largest absolute Gasteiger partial charge is 0.494 e. The molecular formula is C40H52F3N5O9S. The lowest BCUT2D eigenvalue weighted by Gasteiger charge is -2.43. The van der Waals surface area contributed by atoms with Crippen LogP contribution in [0.4, 0.5) is 18.0 Å². The Hall–Kier alpha value is -4.61. The summed E-state index contributed by atoms with van der Waals surface area (Å²) in [5.41, 5.74) is -4.61. The number of allylic oxidation sites excluding steroid dienone is 1. The molecule has 58 heavy (non-hydrogen) atoms. The summed E-state index contributed by atoms with van der Waals surface area (Å²) in [5.74, 6) is -6.15. The minimum absolute atomic E-state index is 0.0385. The Morgan fingerprint density at radius 3 is 2.48 bits per heavy atom. The van der Waals surface area contributed by atoms with Crippen molar-refractivity contribution in [2.75, 3.05) is 7.11 Å². The highest BCUT2D eigenvalue weighted by Crippen LogP contribution is 2.51. The van der Waals surface area contributed by atoms with Crippen molar-refractivity contribution in [3.63, 3.8) is 0 Å². The molecule has 1 aromatic heterocycles. The Morgan fingerprint density at radius 2 is 1.86 bits per heavy atom. The smallest absolute Gasteiger partial charge is 0.408 e. The fourth-order valence-corrected chi connectivity index (χ4v) is 9.85. The molecule has 0 bridgehead atoms. The van der Waals surface area contributed by atoms with Gasteiger partial charge in [-0.25, -0.2) is 22.6 Å². The first kappa shape index (κ1) is 43.0. The van der Waals surface area contributed by atoms with Gasteiger partial charge in [-0.1, -0.05) is 39.3 Å². The molecule has 3 heterocycles. The Balaban J connectivity index is 1.50. The molecular weight excluding hydrogens is 784 g/mol. The van der Waals surface area contributed by atoms with E-state index in [0.29, 0.717) is 25.7 Å². The number of nitrogens with zero attached hydrogens (tertiary/aromatic N) is 3. The van der Waals surface area contributed by atoms with Crippen LogP contribution in [0, 0.1) is 23.6 Å². The molecule has 318 valence electrons. The topological polar surface area (TPSA) is 185 Å². The number of carboxylic acid groups (broad SMARTS) is 1. The highest BCUT2D eigenvalue weighted by atomic mass is 32.2. The van der Waals surface area contributed by atoms with Crippen molar-refractivity contribution >= 4 is 44.6 Å². The first-order chi connectivity index (χ1) is 27.2. The first-order valence-corrected chi connectivity index (χ1v) is 21.4. The van der Waals surface area contributed by atoms with Crippen LogP contribution in [0.15, 0.2) is 36.5 Å². The summed E-state index contributed by atoms with van der Waals surface area (Å²) in [4.78, 5) is 61.8. The van der Waals surface area contributed by atoms with Crippen LogP contribution < -0.4 is 19.5 Å². The maximum absolute atomic E-state index is 17.6. The summed E-state index contributed by atoms with van der Waals surface area (Å²) in [6, 6.07) is -5.40.